The smallest absolute Gasteiger partial charge is 0.305 e. The van der Waals surface area contributed by atoms with Crippen molar-refractivity contribution in [2.24, 2.45) is 0 Å². The molecule has 1 heterocycles. The Morgan fingerprint density at radius 1 is 0.833 bits per heavy atom. The lowest BCUT2D eigenvalue weighted by Crippen LogP contribution is -2.40. The molecule has 3 rings (SSSR count). The van der Waals surface area contributed by atoms with E-state index in [1.165, 1.54) is 9.13 Å². The molecule has 0 bridgehead atoms. The van der Waals surface area contributed by atoms with Gasteiger partial charge < -0.3 is 9.13 Å². The number of halogens is 1. The molecule has 0 aliphatic carbocycles. The molecule has 3 aromatic rings. The highest BCUT2D eigenvalue weighted by Crippen LogP contribution is 2.15. The zero-order valence-electron chi connectivity index (χ0n) is 13.3. The van der Waals surface area contributed by atoms with Crippen molar-refractivity contribution in [1.29, 1.82) is 0 Å². The van der Waals surface area contributed by atoms with Crippen LogP contribution in [0.2, 0.25) is 5.02 Å². The Bertz CT molecular complexity index is 972. The van der Waals surface area contributed by atoms with Crippen LogP contribution in [0.3, 0.4) is 0 Å². The van der Waals surface area contributed by atoms with Crippen molar-refractivity contribution < 1.29 is 0 Å². The van der Waals surface area contributed by atoms with Crippen molar-refractivity contribution in [2.45, 2.75) is 20.0 Å². The first-order valence-electron chi connectivity index (χ1n) is 7.63. The molecule has 0 amide bonds. The van der Waals surface area contributed by atoms with Gasteiger partial charge in [-0.25, -0.2) is 0 Å². The first-order valence-corrected chi connectivity index (χ1v) is 8.01. The van der Waals surface area contributed by atoms with Gasteiger partial charge in [-0.2, -0.15) is 0 Å². The van der Waals surface area contributed by atoms with Crippen molar-refractivity contribution in [2.75, 3.05) is 0 Å². The summed E-state index contributed by atoms with van der Waals surface area (Å²) < 4.78 is 2.81. The maximum Gasteiger partial charge on any atom is 0.316 e. The third-order valence-corrected chi connectivity index (χ3v) is 4.27. The van der Waals surface area contributed by atoms with Crippen molar-refractivity contribution in [3.8, 4) is 0 Å². The molecular weight excluding hydrogens is 324 g/mol. The first-order chi connectivity index (χ1) is 11.5. The van der Waals surface area contributed by atoms with E-state index in [4.69, 9.17) is 11.6 Å². The molecule has 0 aliphatic rings. The van der Waals surface area contributed by atoms with Crippen LogP contribution in [0, 0.1) is 6.92 Å². The van der Waals surface area contributed by atoms with E-state index in [0.29, 0.717) is 11.6 Å². The zero-order chi connectivity index (χ0) is 17.1. The third-order valence-electron chi connectivity index (χ3n) is 3.90. The van der Waals surface area contributed by atoms with Gasteiger partial charge in [-0.15, -0.1) is 0 Å². The maximum atomic E-state index is 12.3. The number of rotatable bonds is 4. The monoisotopic (exact) mass is 340 g/mol. The number of hydrogen-bond acceptors (Lipinski definition) is 2. The van der Waals surface area contributed by atoms with E-state index < -0.39 is 11.1 Å². The van der Waals surface area contributed by atoms with Crippen LogP contribution in [0.5, 0.6) is 0 Å². The fourth-order valence-electron chi connectivity index (χ4n) is 2.49. The van der Waals surface area contributed by atoms with Gasteiger partial charge in [0.2, 0.25) is 0 Å². The molecule has 4 nitrogen and oxygen atoms in total. The van der Waals surface area contributed by atoms with Crippen LogP contribution in [-0.2, 0) is 13.1 Å². The van der Waals surface area contributed by atoms with Gasteiger partial charge in [-0.05, 0) is 24.1 Å². The molecule has 0 saturated heterocycles. The lowest BCUT2D eigenvalue weighted by molar-refractivity contribution is 0.666. The Morgan fingerprint density at radius 3 is 2.04 bits per heavy atom. The second-order valence-corrected chi connectivity index (χ2v) is 6.15. The first kappa shape index (κ1) is 16.3. The average molecular weight is 341 g/mol. The average Bonchev–Trinajstić information content (AvgIpc) is 2.58. The number of aryl methyl sites for hydroxylation is 1. The Kier molecular flexibility index (Phi) is 4.67. The highest BCUT2D eigenvalue weighted by atomic mass is 35.5. The fourth-order valence-corrected chi connectivity index (χ4v) is 2.69. The van der Waals surface area contributed by atoms with Gasteiger partial charge in [-0.3, -0.25) is 9.59 Å². The van der Waals surface area contributed by atoms with E-state index in [1.54, 1.807) is 18.5 Å². The van der Waals surface area contributed by atoms with Crippen molar-refractivity contribution >= 4 is 11.6 Å². The molecule has 0 N–H and O–H groups in total. The van der Waals surface area contributed by atoms with Crippen molar-refractivity contribution in [1.82, 2.24) is 9.13 Å². The van der Waals surface area contributed by atoms with E-state index in [-0.39, 0.29) is 6.54 Å². The number of hydrogen-bond donors (Lipinski definition) is 0. The number of nitrogens with zero attached hydrogens (tertiary/aromatic N) is 2. The van der Waals surface area contributed by atoms with E-state index in [1.807, 2.05) is 49.4 Å². The molecule has 0 unspecified atom stereocenters. The molecule has 0 spiro atoms. The molecule has 24 heavy (non-hydrogen) atoms. The van der Waals surface area contributed by atoms with E-state index in [2.05, 4.69) is 0 Å². The van der Waals surface area contributed by atoms with Gasteiger partial charge in [-0.1, -0.05) is 59.6 Å². The molecule has 0 saturated carbocycles. The molecular formula is C19H17ClN2O2. The molecule has 0 aliphatic heterocycles. The summed E-state index contributed by atoms with van der Waals surface area (Å²) in [6.07, 6.45) is 3.27. The zero-order valence-corrected chi connectivity index (χ0v) is 14.0. The second-order valence-electron chi connectivity index (χ2n) is 5.74. The summed E-state index contributed by atoms with van der Waals surface area (Å²) in [4.78, 5) is 24.7. The number of benzene rings is 2. The fraction of sp³-hybridized carbons (Fsp3) is 0.158. The van der Waals surface area contributed by atoms with Gasteiger partial charge in [0.05, 0.1) is 13.1 Å². The Morgan fingerprint density at radius 2 is 1.42 bits per heavy atom. The minimum atomic E-state index is -0.551. The summed E-state index contributed by atoms with van der Waals surface area (Å²) in [5, 5.41) is 0.577. The van der Waals surface area contributed by atoms with Gasteiger partial charge in [0.15, 0.2) is 0 Å². The lowest BCUT2D eigenvalue weighted by atomic mass is 10.1. The van der Waals surface area contributed by atoms with E-state index >= 15 is 0 Å². The summed E-state index contributed by atoms with van der Waals surface area (Å²) in [6.45, 7) is 2.66. The van der Waals surface area contributed by atoms with E-state index in [0.717, 1.165) is 16.7 Å². The molecule has 2 aromatic carbocycles. The van der Waals surface area contributed by atoms with Gasteiger partial charge >= 0.3 is 11.1 Å². The van der Waals surface area contributed by atoms with Crippen LogP contribution in [0.15, 0.2) is 70.5 Å². The molecule has 0 radical (unpaired) electrons. The topological polar surface area (TPSA) is 44.0 Å². The van der Waals surface area contributed by atoms with Crippen LogP contribution < -0.4 is 11.1 Å². The normalized spacial score (nSPS) is 10.8. The third kappa shape index (κ3) is 3.49. The summed E-state index contributed by atoms with van der Waals surface area (Å²) in [6, 6.07) is 15.2. The minimum Gasteiger partial charge on any atom is -0.305 e. The molecule has 1 aromatic heterocycles. The van der Waals surface area contributed by atoms with Crippen LogP contribution in [0.1, 0.15) is 16.7 Å². The van der Waals surface area contributed by atoms with E-state index in [9.17, 15) is 9.59 Å². The second kappa shape index (κ2) is 6.89. The lowest BCUT2D eigenvalue weighted by Gasteiger charge is -2.10. The SMILES string of the molecule is Cc1ccc(Cn2ccn(Cc3ccccc3Cl)c(=O)c2=O)cc1. The summed E-state index contributed by atoms with van der Waals surface area (Å²) in [5.41, 5.74) is 1.85. The van der Waals surface area contributed by atoms with Crippen molar-refractivity contribution in [3.05, 3.63) is 103 Å². The van der Waals surface area contributed by atoms with Gasteiger partial charge in [0.1, 0.15) is 0 Å². The molecule has 0 atom stereocenters. The Balaban J connectivity index is 1.89. The predicted molar refractivity (Wildman–Crippen MR) is 95.8 cm³/mol. The summed E-state index contributed by atoms with van der Waals surface area (Å²) in [7, 11) is 0. The predicted octanol–water partition coefficient (Wildman–Crippen LogP) is 3.07. The summed E-state index contributed by atoms with van der Waals surface area (Å²) in [5.74, 6) is 0. The Hall–Kier alpha value is -2.59. The quantitative estimate of drug-likeness (QED) is 0.685. The highest BCUT2D eigenvalue weighted by molar-refractivity contribution is 6.31. The van der Waals surface area contributed by atoms with Crippen LogP contribution in [0.25, 0.3) is 0 Å². The largest absolute Gasteiger partial charge is 0.316 e. The van der Waals surface area contributed by atoms with Crippen LogP contribution in [-0.4, -0.2) is 9.13 Å². The van der Waals surface area contributed by atoms with Gasteiger partial charge in [0, 0.05) is 17.4 Å². The maximum absolute atomic E-state index is 12.3. The van der Waals surface area contributed by atoms with Crippen LogP contribution in [0.4, 0.5) is 0 Å². The molecule has 122 valence electrons. The summed E-state index contributed by atoms with van der Waals surface area (Å²) >= 11 is 6.12. The van der Waals surface area contributed by atoms with Crippen molar-refractivity contribution in [3.63, 3.8) is 0 Å². The standard InChI is InChI=1S/C19H17ClN2O2/c1-14-6-8-15(9-7-14)12-21-10-11-22(19(24)18(21)23)13-16-4-2-3-5-17(16)20/h2-11H,12-13H2,1H3. The highest BCUT2D eigenvalue weighted by Gasteiger charge is 2.07. The Labute approximate surface area is 144 Å². The molecule has 5 heteroatoms. The van der Waals surface area contributed by atoms with Crippen LogP contribution >= 0.6 is 11.6 Å². The molecule has 0 fully saturated rings. The number of aromatic nitrogens is 2. The van der Waals surface area contributed by atoms with Gasteiger partial charge in [0.25, 0.3) is 0 Å². The minimum absolute atomic E-state index is 0.277.